The third-order valence-electron chi connectivity index (χ3n) is 3.28. The lowest BCUT2D eigenvalue weighted by molar-refractivity contribution is -0.120. The average molecular weight is 353 g/mol. The molecule has 1 amide bonds. The number of benzene rings is 2. The second-order valence-electron chi connectivity index (χ2n) is 4.98. The van der Waals surface area contributed by atoms with E-state index in [9.17, 15) is 13.2 Å². The fourth-order valence-electron chi connectivity index (χ4n) is 1.92. The monoisotopic (exact) mass is 352 g/mol. The van der Waals surface area contributed by atoms with E-state index in [0.29, 0.717) is 11.6 Å². The van der Waals surface area contributed by atoms with Crippen molar-refractivity contribution in [3.8, 4) is 0 Å². The molecule has 0 aromatic heterocycles. The van der Waals surface area contributed by atoms with Crippen molar-refractivity contribution >= 4 is 27.5 Å². The molecule has 0 aliphatic rings. The van der Waals surface area contributed by atoms with E-state index in [1.165, 1.54) is 24.3 Å². The molecule has 5 nitrogen and oxygen atoms in total. The van der Waals surface area contributed by atoms with Crippen LogP contribution in [0.3, 0.4) is 0 Å². The van der Waals surface area contributed by atoms with Crippen molar-refractivity contribution in [2.24, 2.45) is 0 Å². The highest BCUT2D eigenvalue weighted by atomic mass is 35.5. The first-order valence-corrected chi connectivity index (χ1v) is 8.81. The third-order valence-corrected chi connectivity index (χ3v) is 4.95. The second kappa shape index (κ2) is 7.59. The summed E-state index contributed by atoms with van der Waals surface area (Å²) in [6, 6.07) is 13.4. The Bertz CT molecular complexity index is 789. The van der Waals surface area contributed by atoms with Crippen molar-refractivity contribution in [2.45, 2.75) is 18.4 Å². The molecule has 0 spiro atoms. The minimum absolute atomic E-state index is 0.0635. The van der Waals surface area contributed by atoms with Gasteiger partial charge in [-0.2, -0.15) is 0 Å². The first kappa shape index (κ1) is 17.5. The van der Waals surface area contributed by atoms with E-state index in [1.54, 1.807) is 0 Å². The van der Waals surface area contributed by atoms with Crippen molar-refractivity contribution in [1.29, 1.82) is 0 Å². The summed E-state index contributed by atoms with van der Waals surface area (Å²) in [6.07, 6.45) is 0. The molecule has 2 N–H and O–H groups in total. The van der Waals surface area contributed by atoms with Gasteiger partial charge in [0.2, 0.25) is 15.9 Å². The Balaban J connectivity index is 1.89. The fourth-order valence-corrected chi connectivity index (χ4v) is 3.03. The lowest BCUT2D eigenvalue weighted by Gasteiger charge is -2.09. The molecule has 0 atom stereocenters. The van der Waals surface area contributed by atoms with Crippen molar-refractivity contribution in [2.75, 3.05) is 6.54 Å². The van der Waals surface area contributed by atoms with Crippen LogP contribution >= 0.6 is 11.6 Å². The van der Waals surface area contributed by atoms with Gasteiger partial charge in [-0.1, -0.05) is 35.9 Å². The van der Waals surface area contributed by atoms with Gasteiger partial charge < -0.3 is 5.32 Å². The molecule has 0 bridgehead atoms. The van der Waals surface area contributed by atoms with Crippen LogP contribution in [0.5, 0.6) is 0 Å². The van der Waals surface area contributed by atoms with Gasteiger partial charge in [0, 0.05) is 11.6 Å². The maximum absolute atomic E-state index is 12.0. The maximum atomic E-state index is 12.0. The molecule has 0 saturated carbocycles. The number of carbonyl (C=O) groups is 1. The van der Waals surface area contributed by atoms with Gasteiger partial charge in [0.05, 0.1) is 11.4 Å². The Morgan fingerprint density at radius 2 is 1.74 bits per heavy atom. The molecule has 2 aromatic rings. The van der Waals surface area contributed by atoms with Crippen LogP contribution in [0.4, 0.5) is 0 Å². The molecular formula is C16H17ClN2O3S. The Hall–Kier alpha value is -1.89. The highest BCUT2D eigenvalue weighted by Gasteiger charge is 2.15. The Labute approximate surface area is 140 Å². The van der Waals surface area contributed by atoms with Crippen LogP contribution in [0, 0.1) is 6.92 Å². The number of hydrogen-bond donors (Lipinski definition) is 2. The number of halogens is 1. The molecular weight excluding hydrogens is 336 g/mol. The minimum atomic E-state index is -3.73. The van der Waals surface area contributed by atoms with Crippen molar-refractivity contribution in [3.05, 3.63) is 64.7 Å². The Kier molecular flexibility index (Phi) is 5.76. The highest BCUT2D eigenvalue weighted by Crippen LogP contribution is 2.13. The van der Waals surface area contributed by atoms with Gasteiger partial charge in [0.25, 0.3) is 0 Å². The van der Waals surface area contributed by atoms with E-state index in [1.807, 2.05) is 31.2 Å². The molecule has 0 heterocycles. The molecule has 0 fully saturated rings. The van der Waals surface area contributed by atoms with Crippen LogP contribution in [-0.4, -0.2) is 20.9 Å². The maximum Gasteiger partial charge on any atom is 0.241 e. The smallest absolute Gasteiger partial charge is 0.241 e. The predicted octanol–water partition coefficient (Wildman–Crippen LogP) is 2.24. The summed E-state index contributed by atoms with van der Waals surface area (Å²) in [4.78, 5) is 11.9. The summed E-state index contributed by atoms with van der Waals surface area (Å²) in [5, 5.41) is 3.13. The highest BCUT2D eigenvalue weighted by molar-refractivity contribution is 7.89. The van der Waals surface area contributed by atoms with Crippen LogP contribution in [0.1, 0.15) is 11.1 Å². The lowest BCUT2D eigenvalue weighted by atomic mass is 10.1. The molecule has 0 saturated heterocycles. The quantitative estimate of drug-likeness (QED) is 0.837. The number of aryl methyl sites for hydroxylation is 1. The van der Waals surface area contributed by atoms with E-state index in [-0.39, 0.29) is 11.4 Å². The van der Waals surface area contributed by atoms with Crippen LogP contribution in [0.15, 0.2) is 53.4 Å². The molecule has 0 aliphatic heterocycles. The summed E-state index contributed by atoms with van der Waals surface area (Å²) in [6.45, 7) is 1.98. The van der Waals surface area contributed by atoms with Gasteiger partial charge in [-0.15, -0.1) is 0 Å². The molecule has 0 radical (unpaired) electrons. The summed E-state index contributed by atoms with van der Waals surface area (Å²) >= 11 is 5.72. The number of amides is 1. The Morgan fingerprint density at radius 3 is 2.39 bits per heavy atom. The van der Waals surface area contributed by atoms with Gasteiger partial charge in [-0.05, 0) is 42.3 Å². The largest absolute Gasteiger partial charge is 0.351 e. The standard InChI is InChI=1S/C16H17ClN2O3S/c1-12-4-2-3-5-13(12)10-18-16(20)11-19-23(21,22)15-8-6-14(17)7-9-15/h2-9,19H,10-11H2,1H3,(H,18,20). The summed E-state index contributed by atoms with van der Waals surface area (Å²) in [7, 11) is -3.73. The minimum Gasteiger partial charge on any atom is -0.351 e. The number of nitrogens with one attached hydrogen (secondary N) is 2. The van der Waals surface area contributed by atoms with Gasteiger partial charge >= 0.3 is 0 Å². The molecule has 23 heavy (non-hydrogen) atoms. The predicted molar refractivity (Wildman–Crippen MR) is 89.7 cm³/mol. The van der Waals surface area contributed by atoms with E-state index >= 15 is 0 Å². The van der Waals surface area contributed by atoms with Gasteiger partial charge in [0.1, 0.15) is 0 Å². The molecule has 2 aromatic carbocycles. The topological polar surface area (TPSA) is 75.3 Å². The zero-order chi connectivity index (χ0) is 16.9. The van der Waals surface area contributed by atoms with E-state index in [0.717, 1.165) is 11.1 Å². The fraction of sp³-hybridized carbons (Fsp3) is 0.188. The van der Waals surface area contributed by atoms with Gasteiger partial charge in [0.15, 0.2) is 0 Å². The summed E-state index contributed by atoms with van der Waals surface area (Å²) in [5.41, 5.74) is 2.05. The second-order valence-corrected chi connectivity index (χ2v) is 7.19. The average Bonchev–Trinajstić information content (AvgIpc) is 2.53. The molecule has 7 heteroatoms. The number of rotatable bonds is 6. The van der Waals surface area contributed by atoms with Crippen molar-refractivity contribution in [3.63, 3.8) is 0 Å². The number of carbonyl (C=O) groups excluding carboxylic acids is 1. The SMILES string of the molecule is Cc1ccccc1CNC(=O)CNS(=O)(=O)c1ccc(Cl)cc1. The summed E-state index contributed by atoms with van der Waals surface area (Å²) in [5.74, 6) is -0.397. The zero-order valence-electron chi connectivity index (χ0n) is 12.5. The lowest BCUT2D eigenvalue weighted by Crippen LogP contribution is -2.36. The molecule has 122 valence electrons. The van der Waals surface area contributed by atoms with E-state index in [4.69, 9.17) is 11.6 Å². The van der Waals surface area contributed by atoms with E-state index in [2.05, 4.69) is 10.0 Å². The number of hydrogen-bond acceptors (Lipinski definition) is 3. The van der Waals surface area contributed by atoms with Crippen LogP contribution < -0.4 is 10.0 Å². The molecule has 2 rings (SSSR count). The summed E-state index contributed by atoms with van der Waals surface area (Å²) < 4.78 is 26.3. The van der Waals surface area contributed by atoms with Crippen LogP contribution in [0.2, 0.25) is 5.02 Å². The van der Waals surface area contributed by atoms with Crippen LogP contribution in [-0.2, 0) is 21.4 Å². The van der Waals surface area contributed by atoms with Gasteiger partial charge in [-0.3, -0.25) is 4.79 Å². The third kappa shape index (κ3) is 5.06. The zero-order valence-corrected chi connectivity index (χ0v) is 14.1. The Morgan fingerprint density at radius 1 is 1.09 bits per heavy atom. The van der Waals surface area contributed by atoms with Crippen LogP contribution in [0.25, 0.3) is 0 Å². The first-order chi connectivity index (χ1) is 10.9. The normalized spacial score (nSPS) is 11.2. The first-order valence-electron chi connectivity index (χ1n) is 6.95. The van der Waals surface area contributed by atoms with E-state index < -0.39 is 15.9 Å². The number of sulfonamides is 1. The van der Waals surface area contributed by atoms with Gasteiger partial charge in [-0.25, -0.2) is 13.1 Å². The van der Waals surface area contributed by atoms with Crippen molar-refractivity contribution in [1.82, 2.24) is 10.0 Å². The molecule has 0 unspecified atom stereocenters. The van der Waals surface area contributed by atoms with Crippen molar-refractivity contribution < 1.29 is 13.2 Å². The molecule has 0 aliphatic carbocycles.